The Hall–Kier alpha value is -6.84. The molecule has 6 nitrogen and oxygen atoms in total. The van der Waals surface area contributed by atoms with Gasteiger partial charge >= 0.3 is 0 Å². The Morgan fingerprint density at radius 1 is 0.800 bits per heavy atom. The molecule has 0 saturated carbocycles. The Labute approximate surface area is 318 Å². The number of nitriles is 1. The van der Waals surface area contributed by atoms with Gasteiger partial charge in [0.05, 0.1) is 34.0 Å². The van der Waals surface area contributed by atoms with Gasteiger partial charge in [0.1, 0.15) is 22.7 Å². The van der Waals surface area contributed by atoms with Crippen molar-refractivity contribution in [1.29, 1.82) is 5.26 Å². The summed E-state index contributed by atoms with van der Waals surface area (Å²) >= 11 is 0. The van der Waals surface area contributed by atoms with E-state index in [0.717, 1.165) is 49.9 Å². The van der Waals surface area contributed by atoms with E-state index in [2.05, 4.69) is 157 Å². The van der Waals surface area contributed by atoms with Crippen molar-refractivity contribution in [3.05, 3.63) is 169 Å². The van der Waals surface area contributed by atoms with E-state index in [4.69, 9.17) is 9.40 Å². The number of nitrogens with zero attached hydrogens (tertiary/aromatic N) is 5. The van der Waals surface area contributed by atoms with Crippen molar-refractivity contribution in [2.24, 2.45) is 0 Å². The molecule has 0 spiro atoms. The highest BCUT2D eigenvalue weighted by Crippen LogP contribution is 2.52. The molecular formula is C49H37N5O+2. The van der Waals surface area contributed by atoms with Crippen LogP contribution in [0.5, 0.6) is 0 Å². The van der Waals surface area contributed by atoms with Crippen molar-refractivity contribution in [2.75, 3.05) is 0 Å². The third-order valence-corrected chi connectivity index (χ3v) is 12.0. The van der Waals surface area contributed by atoms with Crippen LogP contribution in [0, 0.1) is 11.3 Å². The second-order valence-electron chi connectivity index (χ2n) is 16.0. The van der Waals surface area contributed by atoms with Crippen molar-refractivity contribution < 1.29 is 13.6 Å². The molecule has 0 fully saturated rings. The van der Waals surface area contributed by atoms with Crippen LogP contribution in [0.1, 0.15) is 61.0 Å². The van der Waals surface area contributed by atoms with Crippen molar-refractivity contribution in [2.45, 2.75) is 44.2 Å². The van der Waals surface area contributed by atoms with Crippen LogP contribution in [0.15, 0.2) is 151 Å². The zero-order valence-corrected chi connectivity index (χ0v) is 30.9. The van der Waals surface area contributed by atoms with Crippen LogP contribution in [0.4, 0.5) is 0 Å². The number of rotatable bonds is 3. The molecule has 0 aliphatic carbocycles. The molecule has 11 rings (SSSR count). The van der Waals surface area contributed by atoms with Crippen LogP contribution in [0.3, 0.4) is 0 Å². The average molecular weight is 712 g/mol. The van der Waals surface area contributed by atoms with Crippen LogP contribution >= 0.6 is 0 Å². The Morgan fingerprint density at radius 2 is 1.62 bits per heavy atom. The molecule has 262 valence electrons. The third-order valence-electron chi connectivity index (χ3n) is 12.0. The lowest BCUT2D eigenvalue weighted by atomic mass is 9.76. The summed E-state index contributed by atoms with van der Waals surface area (Å²) in [7, 11) is 0. The van der Waals surface area contributed by atoms with E-state index in [-0.39, 0.29) is 23.4 Å². The summed E-state index contributed by atoms with van der Waals surface area (Å²) in [4.78, 5) is 4.91. The third kappa shape index (κ3) is 4.38. The molecule has 5 aromatic heterocycles. The average Bonchev–Trinajstić information content (AvgIpc) is 3.86. The molecule has 7 heterocycles. The number of para-hydroxylation sites is 1. The molecule has 4 aromatic carbocycles. The van der Waals surface area contributed by atoms with Crippen molar-refractivity contribution in [1.82, 2.24) is 9.55 Å². The van der Waals surface area contributed by atoms with Crippen molar-refractivity contribution in [3.63, 3.8) is 0 Å². The highest BCUT2D eigenvalue weighted by Gasteiger charge is 2.52. The van der Waals surface area contributed by atoms with Gasteiger partial charge in [-0.25, -0.2) is 4.98 Å². The number of benzene rings is 4. The van der Waals surface area contributed by atoms with E-state index >= 15 is 0 Å². The lowest BCUT2D eigenvalue weighted by Crippen LogP contribution is -2.52. The Morgan fingerprint density at radius 3 is 2.47 bits per heavy atom. The summed E-state index contributed by atoms with van der Waals surface area (Å²) in [5.41, 5.74) is 13.5. The minimum Gasteiger partial charge on any atom is -0.455 e. The minimum atomic E-state index is -0.0781. The maximum atomic E-state index is 9.75. The van der Waals surface area contributed by atoms with Crippen LogP contribution in [0.2, 0.25) is 0 Å². The van der Waals surface area contributed by atoms with Gasteiger partial charge in [-0.15, -0.1) is 0 Å². The highest BCUT2D eigenvalue weighted by molar-refractivity contribution is 6.11. The summed E-state index contributed by atoms with van der Waals surface area (Å²) < 4.78 is 14.0. The van der Waals surface area contributed by atoms with Crippen molar-refractivity contribution >= 4 is 43.9 Å². The number of aromatic nitrogens is 4. The Balaban J connectivity index is 1.21. The number of allylic oxidation sites excluding steroid dienone is 1. The zero-order chi connectivity index (χ0) is 37.2. The maximum Gasteiger partial charge on any atom is 0.219 e. The molecule has 2 aliphatic rings. The second-order valence-corrected chi connectivity index (χ2v) is 16.0. The summed E-state index contributed by atoms with van der Waals surface area (Å²) in [6.45, 7) is 11.3. The molecule has 3 atom stereocenters. The molecule has 0 radical (unpaired) electrons. The first-order valence-electron chi connectivity index (χ1n) is 18.9. The lowest BCUT2D eigenvalue weighted by molar-refractivity contribution is -0.739. The van der Waals surface area contributed by atoms with Gasteiger partial charge in [-0.05, 0) is 71.7 Å². The Bertz CT molecular complexity index is 3100. The number of hydrogen-bond donors (Lipinski definition) is 0. The van der Waals surface area contributed by atoms with Crippen LogP contribution < -0.4 is 9.13 Å². The van der Waals surface area contributed by atoms with Gasteiger partial charge in [-0.3, -0.25) is 4.57 Å². The maximum absolute atomic E-state index is 9.75. The molecule has 2 aliphatic heterocycles. The molecular weight excluding hydrogens is 675 g/mol. The van der Waals surface area contributed by atoms with E-state index in [1.54, 1.807) is 0 Å². The first-order valence-corrected chi connectivity index (χ1v) is 18.9. The first kappa shape index (κ1) is 31.7. The van der Waals surface area contributed by atoms with Crippen LogP contribution in [-0.2, 0) is 5.41 Å². The molecule has 0 saturated heterocycles. The second kappa shape index (κ2) is 11.3. The van der Waals surface area contributed by atoms with E-state index < -0.39 is 0 Å². The van der Waals surface area contributed by atoms with E-state index in [1.807, 2.05) is 30.5 Å². The fourth-order valence-corrected chi connectivity index (χ4v) is 9.52. The van der Waals surface area contributed by atoms with E-state index in [1.165, 1.54) is 33.3 Å². The van der Waals surface area contributed by atoms with Gasteiger partial charge < -0.3 is 4.42 Å². The smallest absolute Gasteiger partial charge is 0.219 e. The SMILES string of the molecule is C=CC1C(C2c3ccc4c(oc5cc(C#N)ccc54)c3-c3cc(-n4c5ccccc5c5cccnc54)cc[n+]32)c2ccccc2-c2ccc(C(C)(C)C)c[n+]21. The molecule has 6 heteroatoms. The molecule has 0 N–H and O–H groups in total. The van der Waals surface area contributed by atoms with Crippen molar-refractivity contribution in [3.8, 4) is 34.3 Å². The summed E-state index contributed by atoms with van der Waals surface area (Å²) in [6, 6.07) is 43.1. The molecule has 0 bridgehead atoms. The van der Waals surface area contributed by atoms with Gasteiger partial charge in [0.25, 0.3) is 0 Å². The van der Waals surface area contributed by atoms with E-state index in [0.29, 0.717) is 11.1 Å². The first-order chi connectivity index (χ1) is 26.8. The molecule has 9 aromatic rings. The normalized spacial score (nSPS) is 17.2. The van der Waals surface area contributed by atoms with Gasteiger partial charge in [-0.2, -0.15) is 14.4 Å². The van der Waals surface area contributed by atoms with E-state index in [9.17, 15) is 5.26 Å². The number of furan rings is 1. The summed E-state index contributed by atoms with van der Waals surface area (Å²) in [5, 5.41) is 14.1. The standard InChI is InChI=1S/C49H37N5O/c1-5-39-44(35-13-7-6-11-32(35)40-21-17-30(28-53(39)40)49(2,3)4)46-38-20-19-36-34-18-16-29(27-50)25-43(34)55-47(36)45(38)42-26-31(22-24-52(42)46)54-41-15-9-8-12-33(41)37-14-10-23-51-48(37)54/h5-26,28,39,44,46H,1H2,2-4H3/q+2. The number of pyridine rings is 3. The predicted molar refractivity (Wildman–Crippen MR) is 217 cm³/mol. The summed E-state index contributed by atoms with van der Waals surface area (Å²) in [5.74, 6) is 0.0131. The van der Waals surface area contributed by atoms with Gasteiger partial charge in [-0.1, -0.05) is 69.8 Å². The van der Waals surface area contributed by atoms with Crippen LogP contribution in [0.25, 0.3) is 72.1 Å². The fourth-order valence-electron chi connectivity index (χ4n) is 9.52. The number of hydrogen-bond acceptors (Lipinski definition) is 3. The largest absolute Gasteiger partial charge is 0.455 e. The fraction of sp³-hybridized carbons (Fsp3) is 0.143. The monoisotopic (exact) mass is 711 g/mol. The Kier molecular flexibility index (Phi) is 6.53. The molecule has 0 amide bonds. The van der Waals surface area contributed by atoms with Crippen LogP contribution in [-0.4, -0.2) is 9.55 Å². The molecule has 3 unspecified atom stereocenters. The quantitative estimate of drug-likeness (QED) is 0.135. The predicted octanol–water partition coefficient (Wildman–Crippen LogP) is 10.6. The van der Waals surface area contributed by atoms with Gasteiger partial charge in [0.2, 0.25) is 11.4 Å². The lowest BCUT2D eigenvalue weighted by Gasteiger charge is -2.31. The topological polar surface area (TPSA) is 62.5 Å². The van der Waals surface area contributed by atoms with Gasteiger partial charge in [0.15, 0.2) is 24.5 Å². The molecule has 55 heavy (non-hydrogen) atoms. The number of fused-ring (bicyclic) bond motifs is 13. The van der Waals surface area contributed by atoms with Gasteiger partial charge in [0, 0.05) is 57.1 Å². The highest BCUT2D eigenvalue weighted by atomic mass is 16.3. The minimum absolute atomic E-state index is 0.0131. The summed E-state index contributed by atoms with van der Waals surface area (Å²) in [6.07, 6.45) is 8.61. The zero-order valence-electron chi connectivity index (χ0n) is 30.9.